The third-order valence-corrected chi connectivity index (χ3v) is 3.79. The van der Waals surface area contributed by atoms with Gasteiger partial charge in [-0.3, -0.25) is 0 Å². The maximum absolute atomic E-state index is 5.99. The van der Waals surface area contributed by atoms with Crippen molar-refractivity contribution in [3.63, 3.8) is 0 Å². The maximum atomic E-state index is 5.99. The van der Waals surface area contributed by atoms with E-state index in [2.05, 4.69) is 23.8 Å². The molecule has 0 spiro atoms. The van der Waals surface area contributed by atoms with Gasteiger partial charge in [0.05, 0.1) is 18.9 Å². The zero-order valence-corrected chi connectivity index (χ0v) is 12.5. The summed E-state index contributed by atoms with van der Waals surface area (Å²) in [4.78, 5) is 8.62. The highest BCUT2D eigenvalue weighted by atomic mass is 35.5. The number of methoxy groups -OCH3 is 1. The van der Waals surface area contributed by atoms with Crippen molar-refractivity contribution in [2.75, 3.05) is 13.7 Å². The van der Waals surface area contributed by atoms with Crippen LogP contribution in [0, 0.1) is 0 Å². The number of hydrogen-bond acceptors (Lipinski definition) is 4. The molecule has 0 radical (unpaired) electrons. The molecule has 0 saturated carbocycles. The van der Waals surface area contributed by atoms with Gasteiger partial charge in [-0.2, -0.15) is 4.98 Å². The first-order valence-corrected chi connectivity index (χ1v) is 7.21. The average Bonchev–Trinajstić information content (AvgIpc) is 2.40. The van der Waals surface area contributed by atoms with Crippen LogP contribution in [0.2, 0.25) is 5.28 Å². The van der Waals surface area contributed by atoms with Crippen LogP contribution >= 0.6 is 11.6 Å². The van der Waals surface area contributed by atoms with Crippen LogP contribution in [-0.2, 0) is 11.2 Å². The molecule has 0 fully saturated rings. The lowest BCUT2D eigenvalue weighted by Crippen LogP contribution is -2.16. The third-order valence-electron chi connectivity index (χ3n) is 3.62. The zero-order chi connectivity index (χ0) is 13.8. The van der Waals surface area contributed by atoms with Crippen molar-refractivity contribution in [1.29, 1.82) is 0 Å². The number of ether oxygens (including phenoxy) is 2. The van der Waals surface area contributed by atoms with E-state index in [0.29, 0.717) is 11.8 Å². The topological polar surface area (TPSA) is 44.2 Å². The summed E-state index contributed by atoms with van der Waals surface area (Å²) in [5.41, 5.74) is 2.11. The normalized spacial score (nSPS) is 24.6. The largest absolute Gasteiger partial charge is 0.481 e. The van der Waals surface area contributed by atoms with Crippen LogP contribution in [0.4, 0.5) is 0 Å². The van der Waals surface area contributed by atoms with Crippen LogP contribution in [0.3, 0.4) is 0 Å². The SMILES string of the molecule is COc1nc(Cl)nc2c1CCC(C)OCCC[C@@H]2C. The van der Waals surface area contributed by atoms with E-state index in [4.69, 9.17) is 21.1 Å². The first-order valence-electron chi connectivity index (χ1n) is 6.83. The van der Waals surface area contributed by atoms with Gasteiger partial charge >= 0.3 is 0 Å². The molecule has 0 aliphatic carbocycles. The van der Waals surface area contributed by atoms with E-state index in [1.54, 1.807) is 7.11 Å². The Balaban J connectivity index is 2.39. The molecule has 1 aromatic heterocycles. The number of fused-ring (bicyclic) bond motifs is 1. The minimum atomic E-state index is 0.252. The quantitative estimate of drug-likeness (QED) is 0.742. The Bertz CT molecular complexity index is 440. The molecule has 2 heterocycles. The monoisotopic (exact) mass is 284 g/mol. The van der Waals surface area contributed by atoms with Crippen LogP contribution in [-0.4, -0.2) is 29.8 Å². The zero-order valence-electron chi connectivity index (χ0n) is 11.8. The second-order valence-corrected chi connectivity index (χ2v) is 5.47. The van der Waals surface area contributed by atoms with Crippen molar-refractivity contribution in [2.45, 2.75) is 51.6 Å². The van der Waals surface area contributed by atoms with Crippen molar-refractivity contribution in [2.24, 2.45) is 0 Å². The fourth-order valence-corrected chi connectivity index (χ4v) is 2.67. The van der Waals surface area contributed by atoms with Gasteiger partial charge < -0.3 is 9.47 Å². The molecule has 0 saturated heterocycles. The summed E-state index contributed by atoms with van der Waals surface area (Å²) in [6.07, 6.45) is 4.13. The van der Waals surface area contributed by atoms with Crippen molar-refractivity contribution in [3.05, 3.63) is 16.5 Å². The molecule has 1 unspecified atom stereocenters. The van der Waals surface area contributed by atoms with Gasteiger partial charge in [0, 0.05) is 12.2 Å². The predicted molar refractivity (Wildman–Crippen MR) is 75.0 cm³/mol. The summed E-state index contributed by atoms with van der Waals surface area (Å²) < 4.78 is 11.1. The molecule has 2 rings (SSSR count). The first kappa shape index (κ1) is 14.5. The van der Waals surface area contributed by atoms with Gasteiger partial charge in [-0.05, 0) is 50.1 Å². The summed E-state index contributed by atoms with van der Waals surface area (Å²) in [6.45, 7) is 5.09. The van der Waals surface area contributed by atoms with Crippen LogP contribution < -0.4 is 4.74 Å². The molecule has 0 amide bonds. The van der Waals surface area contributed by atoms with Gasteiger partial charge in [-0.1, -0.05) is 6.92 Å². The lowest BCUT2D eigenvalue weighted by molar-refractivity contribution is 0.0561. The van der Waals surface area contributed by atoms with Crippen LogP contribution in [0.5, 0.6) is 5.88 Å². The molecule has 4 nitrogen and oxygen atoms in total. The summed E-state index contributed by atoms with van der Waals surface area (Å²) in [5, 5.41) is 0.267. The summed E-state index contributed by atoms with van der Waals surface area (Å²) in [6, 6.07) is 0. The Hall–Kier alpha value is -0.870. The first-order chi connectivity index (χ1) is 9.11. The third kappa shape index (κ3) is 3.57. The van der Waals surface area contributed by atoms with Crippen LogP contribution in [0.15, 0.2) is 0 Å². The van der Waals surface area contributed by atoms with E-state index < -0.39 is 0 Å². The molecule has 106 valence electrons. The van der Waals surface area contributed by atoms with E-state index >= 15 is 0 Å². The number of aromatic nitrogens is 2. The summed E-state index contributed by atoms with van der Waals surface area (Å²) in [5.74, 6) is 0.955. The van der Waals surface area contributed by atoms with Gasteiger partial charge in [-0.25, -0.2) is 4.98 Å². The van der Waals surface area contributed by atoms with Crippen molar-refractivity contribution < 1.29 is 9.47 Å². The summed E-state index contributed by atoms with van der Waals surface area (Å²) in [7, 11) is 1.63. The molecule has 0 aromatic carbocycles. The van der Waals surface area contributed by atoms with Gasteiger partial charge in [0.2, 0.25) is 11.2 Å². The second kappa shape index (κ2) is 6.53. The number of halogens is 1. The highest BCUT2D eigenvalue weighted by Gasteiger charge is 2.21. The molecule has 2 atom stereocenters. The van der Waals surface area contributed by atoms with E-state index in [0.717, 1.165) is 43.5 Å². The smallest absolute Gasteiger partial charge is 0.225 e. The fourth-order valence-electron chi connectivity index (χ4n) is 2.51. The average molecular weight is 285 g/mol. The van der Waals surface area contributed by atoms with E-state index in [9.17, 15) is 0 Å². The van der Waals surface area contributed by atoms with Crippen molar-refractivity contribution in [3.8, 4) is 5.88 Å². The number of nitrogens with zero attached hydrogens (tertiary/aromatic N) is 2. The summed E-state index contributed by atoms with van der Waals surface area (Å²) >= 11 is 5.99. The van der Waals surface area contributed by atoms with E-state index in [1.165, 1.54) is 0 Å². The minimum Gasteiger partial charge on any atom is -0.481 e. The minimum absolute atomic E-state index is 0.252. The fraction of sp³-hybridized carbons (Fsp3) is 0.714. The second-order valence-electron chi connectivity index (χ2n) is 5.13. The number of rotatable bonds is 1. The lowest BCUT2D eigenvalue weighted by atomic mass is 9.94. The highest BCUT2D eigenvalue weighted by Crippen LogP contribution is 2.31. The molecule has 1 aliphatic heterocycles. The van der Waals surface area contributed by atoms with E-state index in [1.807, 2.05) is 0 Å². The molecular weight excluding hydrogens is 264 g/mol. The Kier molecular flexibility index (Phi) is 4.99. The Morgan fingerprint density at radius 2 is 2.05 bits per heavy atom. The molecule has 1 aromatic rings. The molecular formula is C14H21ClN2O2. The molecule has 0 N–H and O–H groups in total. The van der Waals surface area contributed by atoms with Gasteiger partial charge in [0.1, 0.15) is 0 Å². The molecule has 0 bridgehead atoms. The van der Waals surface area contributed by atoms with Crippen LogP contribution in [0.1, 0.15) is 50.3 Å². The Morgan fingerprint density at radius 1 is 1.26 bits per heavy atom. The predicted octanol–water partition coefficient (Wildman–Crippen LogP) is 3.37. The highest BCUT2D eigenvalue weighted by molar-refractivity contribution is 6.28. The van der Waals surface area contributed by atoms with E-state index in [-0.39, 0.29) is 11.4 Å². The molecule has 19 heavy (non-hydrogen) atoms. The number of hydrogen-bond donors (Lipinski definition) is 0. The van der Waals surface area contributed by atoms with Gasteiger partial charge in [0.15, 0.2) is 0 Å². The standard InChI is InChI=1S/C14H21ClN2O2/c1-9-5-4-8-19-10(2)6-7-11-12(9)16-14(15)17-13(11)18-3/h9-10H,4-8H2,1-3H3/t9-,10?/m0/s1. The van der Waals surface area contributed by atoms with Crippen molar-refractivity contribution in [1.82, 2.24) is 9.97 Å². The Morgan fingerprint density at radius 3 is 2.79 bits per heavy atom. The van der Waals surface area contributed by atoms with Crippen molar-refractivity contribution >= 4 is 11.6 Å². The Labute approximate surface area is 119 Å². The van der Waals surface area contributed by atoms with Crippen LogP contribution in [0.25, 0.3) is 0 Å². The molecule has 5 heteroatoms. The molecule has 1 aliphatic rings. The van der Waals surface area contributed by atoms with Gasteiger partial charge in [0.25, 0.3) is 0 Å². The maximum Gasteiger partial charge on any atom is 0.225 e. The van der Waals surface area contributed by atoms with Gasteiger partial charge in [-0.15, -0.1) is 0 Å². The lowest BCUT2D eigenvalue weighted by Gasteiger charge is -2.21.